The van der Waals surface area contributed by atoms with Gasteiger partial charge in [0.05, 0.1) is 6.10 Å². The van der Waals surface area contributed by atoms with Crippen LogP contribution in [0.25, 0.3) is 0 Å². The number of nitrogens with zero attached hydrogens (tertiary/aromatic N) is 1. The molecule has 3 heteroatoms. The first-order chi connectivity index (χ1) is 5.11. The number of aromatic nitrogens is 1. The average molecular weight is 263 g/mol. The van der Waals surface area contributed by atoms with Gasteiger partial charge in [-0.25, -0.2) is 4.98 Å². The summed E-state index contributed by atoms with van der Waals surface area (Å²) in [4.78, 5) is 4.13. The van der Waals surface area contributed by atoms with Crippen LogP contribution >= 0.6 is 22.6 Å². The Kier molecular flexibility index (Phi) is 2.84. The van der Waals surface area contributed by atoms with Gasteiger partial charge in [-0.05, 0) is 53.6 Å². The molecule has 2 nitrogen and oxygen atoms in total. The van der Waals surface area contributed by atoms with Crippen LogP contribution in [0.3, 0.4) is 0 Å². The van der Waals surface area contributed by atoms with E-state index in [2.05, 4.69) is 27.6 Å². The fraction of sp³-hybridized carbons (Fsp3) is 0.375. The molecule has 0 saturated heterocycles. The first kappa shape index (κ1) is 8.93. The fourth-order valence-corrected chi connectivity index (χ4v) is 1.10. The van der Waals surface area contributed by atoms with E-state index in [0.717, 1.165) is 14.8 Å². The summed E-state index contributed by atoms with van der Waals surface area (Å²) in [6, 6.07) is 1.96. The molecule has 1 rings (SSSR count). The second kappa shape index (κ2) is 3.49. The molecule has 60 valence electrons. The second-order valence-electron chi connectivity index (χ2n) is 2.55. The van der Waals surface area contributed by atoms with Gasteiger partial charge < -0.3 is 5.11 Å². The third kappa shape index (κ3) is 2.13. The zero-order valence-corrected chi connectivity index (χ0v) is 8.66. The number of rotatable bonds is 1. The van der Waals surface area contributed by atoms with E-state index in [0.29, 0.717) is 0 Å². The standard InChI is InChI=1S/C8H10INO/c1-5-3-7(6(2)11)4-10-8(5)9/h3-4,6,11H,1-2H3/t6-/m0/s1. The first-order valence-corrected chi connectivity index (χ1v) is 4.49. The van der Waals surface area contributed by atoms with E-state index < -0.39 is 6.10 Å². The molecule has 1 aromatic rings. The molecule has 0 saturated carbocycles. The van der Waals surface area contributed by atoms with Crippen LogP contribution in [-0.4, -0.2) is 10.1 Å². The van der Waals surface area contributed by atoms with Crippen LogP contribution in [-0.2, 0) is 0 Å². The third-order valence-electron chi connectivity index (χ3n) is 1.52. The topological polar surface area (TPSA) is 33.1 Å². The van der Waals surface area contributed by atoms with Crippen molar-refractivity contribution in [3.63, 3.8) is 0 Å². The maximum Gasteiger partial charge on any atom is 0.104 e. The van der Waals surface area contributed by atoms with Crippen LogP contribution in [0.5, 0.6) is 0 Å². The quantitative estimate of drug-likeness (QED) is 0.621. The van der Waals surface area contributed by atoms with Gasteiger partial charge in [0.2, 0.25) is 0 Å². The van der Waals surface area contributed by atoms with E-state index in [9.17, 15) is 5.11 Å². The van der Waals surface area contributed by atoms with Gasteiger partial charge in [-0.3, -0.25) is 0 Å². The number of aliphatic hydroxyl groups is 1. The SMILES string of the molecule is Cc1cc([C@H](C)O)cnc1I. The van der Waals surface area contributed by atoms with Crippen LogP contribution in [0.15, 0.2) is 12.3 Å². The summed E-state index contributed by atoms with van der Waals surface area (Å²) in [6.07, 6.45) is 1.29. The van der Waals surface area contributed by atoms with Gasteiger partial charge in [0, 0.05) is 6.20 Å². The van der Waals surface area contributed by atoms with Gasteiger partial charge in [0.15, 0.2) is 0 Å². The van der Waals surface area contributed by atoms with Crippen molar-refractivity contribution < 1.29 is 5.11 Å². The van der Waals surface area contributed by atoms with Crippen molar-refractivity contribution in [2.75, 3.05) is 0 Å². The number of pyridine rings is 1. The maximum atomic E-state index is 9.20. The number of halogens is 1. The summed E-state index contributed by atoms with van der Waals surface area (Å²) in [5.41, 5.74) is 1.99. The smallest absolute Gasteiger partial charge is 0.104 e. The number of hydrogen-bond donors (Lipinski definition) is 1. The fourth-order valence-electron chi connectivity index (χ4n) is 0.808. The van der Waals surface area contributed by atoms with Crippen molar-refractivity contribution in [1.82, 2.24) is 4.98 Å². The Morgan fingerprint density at radius 1 is 1.64 bits per heavy atom. The van der Waals surface area contributed by atoms with Crippen molar-refractivity contribution in [3.8, 4) is 0 Å². The Bertz CT molecular complexity index is 260. The van der Waals surface area contributed by atoms with E-state index in [1.54, 1.807) is 13.1 Å². The highest BCUT2D eigenvalue weighted by atomic mass is 127. The van der Waals surface area contributed by atoms with E-state index in [1.165, 1.54) is 0 Å². The van der Waals surface area contributed by atoms with Crippen LogP contribution in [0.4, 0.5) is 0 Å². The van der Waals surface area contributed by atoms with Gasteiger partial charge in [-0.2, -0.15) is 0 Å². The molecule has 1 N–H and O–H groups in total. The molecular weight excluding hydrogens is 253 g/mol. The van der Waals surface area contributed by atoms with Crippen molar-refractivity contribution in [2.24, 2.45) is 0 Å². The summed E-state index contributed by atoms with van der Waals surface area (Å²) < 4.78 is 0.993. The number of hydrogen-bond acceptors (Lipinski definition) is 2. The van der Waals surface area contributed by atoms with Crippen LogP contribution in [0.2, 0.25) is 0 Å². The molecule has 0 bridgehead atoms. The van der Waals surface area contributed by atoms with Crippen molar-refractivity contribution >= 4 is 22.6 Å². The van der Waals surface area contributed by atoms with Gasteiger partial charge in [0.25, 0.3) is 0 Å². The molecule has 0 aliphatic rings. The minimum absolute atomic E-state index is 0.418. The molecule has 0 amide bonds. The summed E-state index contributed by atoms with van der Waals surface area (Å²) >= 11 is 2.17. The average Bonchev–Trinajstić information content (AvgIpc) is 1.94. The lowest BCUT2D eigenvalue weighted by Crippen LogP contribution is -1.95. The molecule has 1 atom stereocenters. The molecule has 0 spiro atoms. The maximum absolute atomic E-state index is 9.20. The van der Waals surface area contributed by atoms with Crippen molar-refractivity contribution in [1.29, 1.82) is 0 Å². The van der Waals surface area contributed by atoms with E-state index in [-0.39, 0.29) is 0 Å². The molecule has 0 fully saturated rings. The lowest BCUT2D eigenvalue weighted by molar-refractivity contribution is 0.199. The van der Waals surface area contributed by atoms with E-state index in [1.807, 2.05) is 13.0 Å². The highest BCUT2D eigenvalue weighted by molar-refractivity contribution is 14.1. The molecule has 0 radical (unpaired) electrons. The van der Waals surface area contributed by atoms with Crippen LogP contribution in [0.1, 0.15) is 24.2 Å². The number of aliphatic hydroxyl groups excluding tert-OH is 1. The van der Waals surface area contributed by atoms with Crippen molar-refractivity contribution in [2.45, 2.75) is 20.0 Å². The summed E-state index contributed by atoms with van der Waals surface area (Å²) in [6.45, 7) is 3.73. The van der Waals surface area contributed by atoms with Crippen LogP contribution in [0, 0.1) is 10.6 Å². The molecular formula is C8H10INO. The highest BCUT2D eigenvalue weighted by Gasteiger charge is 2.02. The van der Waals surface area contributed by atoms with Gasteiger partial charge in [-0.15, -0.1) is 0 Å². The minimum Gasteiger partial charge on any atom is -0.389 e. The first-order valence-electron chi connectivity index (χ1n) is 3.41. The molecule has 0 aliphatic carbocycles. The lowest BCUT2D eigenvalue weighted by atomic mass is 10.1. The predicted molar refractivity (Wildman–Crippen MR) is 52.3 cm³/mol. The normalized spacial score (nSPS) is 13.1. The lowest BCUT2D eigenvalue weighted by Gasteiger charge is -2.05. The molecule has 0 unspecified atom stereocenters. The molecule has 11 heavy (non-hydrogen) atoms. The predicted octanol–water partition coefficient (Wildman–Crippen LogP) is 2.05. The Morgan fingerprint density at radius 2 is 2.27 bits per heavy atom. The van der Waals surface area contributed by atoms with Crippen molar-refractivity contribution in [3.05, 3.63) is 27.1 Å². The molecule has 0 aromatic carbocycles. The molecule has 0 aliphatic heterocycles. The molecule has 1 heterocycles. The highest BCUT2D eigenvalue weighted by Crippen LogP contribution is 2.15. The van der Waals surface area contributed by atoms with Crippen LogP contribution < -0.4 is 0 Å². The zero-order chi connectivity index (χ0) is 8.43. The monoisotopic (exact) mass is 263 g/mol. The Balaban J connectivity index is 3.05. The second-order valence-corrected chi connectivity index (χ2v) is 3.57. The largest absolute Gasteiger partial charge is 0.389 e. The van der Waals surface area contributed by atoms with Gasteiger partial charge in [-0.1, -0.05) is 0 Å². The number of aryl methyl sites for hydroxylation is 1. The summed E-state index contributed by atoms with van der Waals surface area (Å²) in [7, 11) is 0. The van der Waals surface area contributed by atoms with Gasteiger partial charge in [0.1, 0.15) is 3.70 Å². The van der Waals surface area contributed by atoms with E-state index in [4.69, 9.17) is 0 Å². The summed E-state index contributed by atoms with van der Waals surface area (Å²) in [5.74, 6) is 0. The Labute approximate surface area is 79.8 Å². The van der Waals surface area contributed by atoms with E-state index >= 15 is 0 Å². The summed E-state index contributed by atoms with van der Waals surface area (Å²) in [5, 5.41) is 9.20. The third-order valence-corrected chi connectivity index (χ3v) is 2.65. The zero-order valence-electron chi connectivity index (χ0n) is 6.50. The minimum atomic E-state index is -0.418. The van der Waals surface area contributed by atoms with Gasteiger partial charge >= 0.3 is 0 Å². The Morgan fingerprint density at radius 3 is 2.73 bits per heavy atom. The Hall–Kier alpha value is -0.160. The molecule has 1 aromatic heterocycles.